The summed E-state index contributed by atoms with van der Waals surface area (Å²) in [6.45, 7) is 0.901. The fraction of sp³-hybridized carbons (Fsp3) is 0.417. The molecule has 0 aromatic carbocycles. The summed E-state index contributed by atoms with van der Waals surface area (Å²) in [6.07, 6.45) is 5.03. The number of likely N-dealkylation sites (tertiary alicyclic amines) is 1. The summed E-state index contributed by atoms with van der Waals surface area (Å²) < 4.78 is 0. The average Bonchev–Trinajstić information content (AvgIpc) is 2.32. The maximum Gasteiger partial charge on any atom is 0.223 e. The molecule has 16 heavy (non-hydrogen) atoms. The lowest BCUT2D eigenvalue weighted by Crippen LogP contribution is -2.41. The van der Waals surface area contributed by atoms with Gasteiger partial charge in [0.15, 0.2) is 5.78 Å². The third-order valence-corrected chi connectivity index (χ3v) is 2.76. The molecule has 84 valence electrons. The van der Waals surface area contributed by atoms with Gasteiger partial charge in [0.1, 0.15) is 0 Å². The number of carbonyl (C=O) groups is 2. The number of hydrogen-bond acceptors (Lipinski definition) is 3. The smallest absolute Gasteiger partial charge is 0.223 e. The molecule has 1 aliphatic rings. The van der Waals surface area contributed by atoms with Gasteiger partial charge >= 0.3 is 0 Å². The predicted octanol–water partition coefficient (Wildman–Crippen LogP) is 0.816. The molecule has 0 N–H and O–H groups in total. The van der Waals surface area contributed by atoms with Crippen molar-refractivity contribution >= 4 is 11.7 Å². The third kappa shape index (κ3) is 2.66. The minimum atomic E-state index is 0.0913. The van der Waals surface area contributed by atoms with Crippen molar-refractivity contribution in [3.63, 3.8) is 0 Å². The molecule has 0 aliphatic carbocycles. The van der Waals surface area contributed by atoms with Gasteiger partial charge in [-0.15, -0.1) is 0 Å². The van der Waals surface area contributed by atoms with E-state index in [9.17, 15) is 9.59 Å². The Bertz CT molecular complexity index is 389. The molecule has 1 saturated heterocycles. The van der Waals surface area contributed by atoms with Gasteiger partial charge in [0.2, 0.25) is 5.91 Å². The Kier molecular flexibility index (Phi) is 3.29. The second-order valence-electron chi connectivity index (χ2n) is 3.96. The minimum absolute atomic E-state index is 0.0913. The highest BCUT2D eigenvalue weighted by molar-refractivity contribution is 5.92. The van der Waals surface area contributed by atoms with Crippen LogP contribution in [0, 0.1) is 0 Å². The fourth-order valence-electron chi connectivity index (χ4n) is 1.80. The molecule has 1 amide bonds. The summed E-state index contributed by atoms with van der Waals surface area (Å²) in [5, 5.41) is 0. The third-order valence-electron chi connectivity index (χ3n) is 2.76. The number of aromatic nitrogens is 1. The molecule has 4 heteroatoms. The standard InChI is InChI=1S/C12H14N2O2/c15-11-1-2-12(16)14(9-11)8-5-10-3-6-13-7-4-10/h3-4,6-7H,1-2,5,8-9H2. The lowest BCUT2D eigenvalue weighted by atomic mass is 10.1. The van der Waals surface area contributed by atoms with E-state index in [4.69, 9.17) is 0 Å². The first-order valence-corrected chi connectivity index (χ1v) is 5.44. The molecule has 1 aliphatic heterocycles. The number of amides is 1. The Labute approximate surface area is 94.3 Å². The molecule has 0 bridgehead atoms. The number of hydrogen-bond donors (Lipinski definition) is 0. The van der Waals surface area contributed by atoms with Crippen LogP contribution >= 0.6 is 0 Å². The minimum Gasteiger partial charge on any atom is -0.335 e. The van der Waals surface area contributed by atoms with Gasteiger partial charge in [-0.25, -0.2) is 0 Å². The van der Waals surface area contributed by atoms with E-state index >= 15 is 0 Å². The summed E-state index contributed by atoms with van der Waals surface area (Å²) >= 11 is 0. The SMILES string of the molecule is O=C1CCC(=O)N(CCc2ccncc2)C1. The van der Waals surface area contributed by atoms with E-state index in [1.165, 1.54) is 0 Å². The number of carbonyl (C=O) groups excluding carboxylic acids is 2. The summed E-state index contributed by atoms with van der Waals surface area (Å²) in [7, 11) is 0. The molecule has 2 heterocycles. The van der Waals surface area contributed by atoms with Gasteiger partial charge in [-0.05, 0) is 24.1 Å². The highest BCUT2D eigenvalue weighted by Crippen LogP contribution is 2.09. The lowest BCUT2D eigenvalue weighted by molar-refractivity contribution is -0.140. The Hall–Kier alpha value is -1.71. The van der Waals surface area contributed by atoms with Gasteiger partial charge in [0, 0.05) is 31.8 Å². The van der Waals surface area contributed by atoms with Gasteiger partial charge in [-0.3, -0.25) is 14.6 Å². The van der Waals surface area contributed by atoms with E-state index < -0.39 is 0 Å². The first-order chi connectivity index (χ1) is 7.75. The lowest BCUT2D eigenvalue weighted by Gasteiger charge is -2.25. The first-order valence-electron chi connectivity index (χ1n) is 5.44. The van der Waals surface area contributed by atoms with E-state index in [1.54, 1.807) is 17.3 Å². The molecule has 1 fully saturated rings. The van der Waals surface area contributed by atoms with Gasteiger partial charge < -0.3 is 4.90 Å². The fourth-order valence-corrected chi connectivity index (χ4v) is 1.80. The van der Waals surface area contributed by atoms with E-state index in [0.717, 1.165) is 12.0 Å². The topological polar surface area (TPSA) is 50.3 Å². The van der Waals surface area contributed by atoms with Crippen LogP contribution in [0.15, 0.2) is 24.5 Å². The maximum absolute atomic E-state index is 11.5. The van der Waals surface area contributed by atoms with Crippen molar-refractivity contribution in [3.05, 3.63) is 30.1 Å². The zero-order chi connectivity index (χ0) is 11.4. The summed E-state index contributed by atoms with van der Waals surface area (Å²) in [5.41, 5.74) is 1.14. The molecule has 1 aromatic rings. The predicted molar refractivity (Wildman–Crippen MR) is 58.8 cm³/mol. The second kappa shape index (κ2) is 4.88. The molecule has 0 spiro atoms. The van der Waals surface area contributed by atoms with Gasteiger partial charge in [0.05, 0.1) is 6.54 Å². The first kappa shape index (κ1) is 10.8. The summed E-state index contributed by atoms with van der Waals surface area (Å²) in [4.78, 5) is 28.3. The van der Waals surface area contributed by atoms with Crippen LogP contribution in [0.1, 0.15) is 18.4 Å². The summed E-state index contributed by atoms with van der Waals surface area (Å²) in [6, 6.07) is 3.85. The Morgan fingerprint density at radius 2 is 1.94 bits per heavy atom. The average molecular weight is 218 g/mol. The van der Waals surface area contributed by atoms with Crippen molar-refractivity contribution in [2.24, 2.45) is 0 Å². The molecule has 4 nitrogen and oxygen atoms in total. The summed E-state index contributed by atoms with van der Waals surface area (Å²) in [5.74, 6) is 0.253. The molecular weight excluding hydrogens is 204 g/mol. The largest absolute Gasteiger partial charge is 0.335 e. The number of piperidine rings is 1. The van der Waals surface area contributed by atoms with Crippen LogP contribution in [0.25, 0.3) is 0 Å². The molecule has 0 radical (unpaired) electrons. The van der Waals surface area contributed by atoms with Gasteiger partial charge in [0.25, 0.3) is 0 Å². The van der Waals surface area contributed by atoms with Crippen molar-refractivity contribution < 1.29 is 9.59 Å². The van der Waals surface area contributed by atoms with Gasteiger partial charge in [-0.2, -0.15) is 0 Å². The normalized spacial score (nSPS) is 16.6. The van der Waals surface area contributed by atoms with Crippen LogP contribution in [-0.4, -0.2) is 34.7 Å². The molecule has 2 rings (SSSR count). The van der Waals surface area contributed by atoms with E-state index in [1.807, 2.05) is 12.1 Å². The van der Waals surface area contributed by atoms with Crippen LogP contribution in [-0.2, 0) is 16.0 Å². The van der Waals surface area contributed by atoms with Crippen LogP contribution in [0.2, 0.25) is 0 Å². The maximum atomic E-state index is 11.5. The van der Waals surface area contributed by atoms with Crippen molar-refractivity contribution in [1.82, 2.24) is 9.88 Å². The van der Waals surface area contributed by atoms with Gasteiger partial charge in [-0.1, -0.05) is 0 Å². The van der Waals surface area contributed by atoms with Crippen molar-refractivity contribution in [2.75, 3.05) is 13.1 Å². The van der Waals surface area contributed by atoms with Crippen molar-refractivity contribution in [3.8, 4) is 0 Å². The monoisotopic (exact) mass is 218 g/mol. The number of rotatable bonds is 3. The molecule has 0 unspecified atom stereocenters. The van der Waals surface area contributed by atoms with E-state index in [0.29, 0.717) is 19.4 Å². The number of nitrogens with zero attached hydrogens (tertiary/aromatic N) is 2. The zero-order valence-electron chi connectivity index (χ0n) is 9.06. The van der Waals surface area contributed by atoms with E-state index in [2.05, 4.69) is 4.98 Å². The van der Waals surface area contributed by atoms with Crippen LogP contribution in [0.3, 0.4) is 0 Å². The number of Topliss-reactive ketones (excluding diaryl/α,β-unsaturated/α-hetero) is 1. The second-order valence-corrected chi connectivity index (χ2v) is 3.96. The highest BCUT2D eigenvalue weighted by atomic mass is 16.2. The number of pyridine rings is 1. The zero-order valence-corrected chi connectivity index (χ0v) is 9.06. The molecule has 0 atom stereocenters. The molecule has 1 aromatic heterocycles. The van der Waals surface area contributed by atoms with Crippen LogP contribution in [0.4, 0.5) is 0 Å². The van der Waals surface area contributed by atoms with Crippen molar-refractivity contribution in [1.29, 1.82) is 0 Å². The Morgan fingerprint density at radius 1 is 1.19 bits per heavy atom. The molecular formula is C12H14N2O2. The number of ketones is 1. The Balaban J connectivity index is 1.90. The molecule has 0 saturated carbocycles. The van der Waals surface area contributed by atoms with Crippen molar-refractivity contribution in [2.45, 2.75) is 19.3 Å². The van der Waals surface area contributed by atoms with Crippen LogP contribution < -0.4 is 0 Å². The quantitative estimate of drug-likeness (QED) is 0.754. The highest BCUT2D eigenvalue weighted by Gasteiger charge is 2.22. The van der Waals surface area contributed by atoms with E-state index in [-0.39, 0.29) is 18.2 Å². The Morgan fingerprint density at radius 3 is 2.69 bits per heavy atom. The van der Waals surface area contributed by atoms with Crippen LogP contribution in [0.5, 0.6) is 0 Å².